The van der Waals surface area contributed by atoms with Gasteiger partial charge in [-0.05, 0) is 35.2 Å². The van der Waals surface area contributed by atoms with Gasteiger partial charge < -0.3 is 15.2 Å². The standard InChI is InChI=1S/C21H23NO2/c23-13-2-1-3-17-4-8-19(9-5-17)20-10-6-18(7-11-20)15-22-21-12-14-24-16-21/h4-11,21-23H,2,12-16H2. The van der Waals surface area contributed by atoms with Crippen LogP contribution >= 0.6 is 0 Å². The van der Waals surface area contributed by atoms with Gasteiger partial charge in [0.25, 0.3) is 0 Å². The number of rotatable bonds is 5. The Morgan fingerprint density at radius 1 is 1.04 bits per heavy atom. The molecule has 1 aliphatic heterocycles. The molecule has 0 aliphatic carbocycles. The Kier molecular flexibility index (Phi) is 6.03. The quantitative estimate of drug-likeness (QED) is 0.832. The van der Waals surface area contributed by atoms with Gasteiger partial charge in [0, 0.05) is 31.2 Å². The molecule has 2 aromatic carbocycles. The second kappa shape index (κ2) is 8.65. The van der Waals surface area contributed by atoms with Crippen LogP contribution in [0.25, 0.3) is 11.1 Å². The van der Waals surface area contributed by atoms with Gasteiger partial charge in [0.15, 0.2) is 0 Å². The first-order chi connectivity index (χ1) is 11.8. The number of hydrogen-bond donors (Lipinski definition) is 2. The van der Waals surface area contributed by atoms with Gasteiger partial charge in [-0.25, -0.2) is 0 Å². The molecular weight excluding hydrogens is 298 g/mol. The monoisotopic (exact) mass is 321 g/mol. The van der Waals surface area contributed by atoms with Crippen LogP contribution in [0.15, 0.2) is 48.5 Å². The topological polar surface area (TPSA) is 41.5 Å². The van der Waals surface area contributed by atoms with Gasteiger partial charge in [-0.3, -0.25) is 0 Å². The molecule has 0 radical (unpaired) electrons. The highest BCUT2D eigenvalue weighted by Crippen LogP contribution is 2.20. The van der Waals surface area contributed by atoms with Crippen molar-refractivity contribution in [2.45, 2.75) is 25.4 Å². The van der Waals surface area contributed by atoms with E-state index in [-0.39, 0.29) is 6.61 Å². The van der Waals surface area contributed by atoms with Crippen LogP contribution in [-0.4, -0.2) is 31.0 Å². The normalized spacial score (nSPS) is 16.6. The molecule has 24 heavy (non-hydrogen) atoms. The van der Waals surface area contributed by atoms with Crippen molar-refractivity contribution in [3.05, 3.63) is 59.7 Å². The molecule has 3 nitrogen and oxygen atoms in total. The maximum absolute atomic E-state index is 8.75. The smallest absolute Gasteiger partial charge is 0.0620 e. The van der Waals surface area contributed by atoms with Crippen molar-refractivity contribution in [2.24, 2.45) is 0 Å². The molecule has 0 bridgehead atoms. The maximum atomic E-state index is 8.75. The summed E-state index contributed by atoms with van der Waals surface area (Å²) < 4.78 is 5.38. The van der Waals surface area contributed by atoms with Crippen LogP contribution in [0.4, 0.5) is 0 Å². The fourth-order valence-corrected chi connectivity index (χ4v) is 2.74. The van der Waals surface area contributed by atoms with Crippen LogP contribution < -0.4 is 5.32 Å². The lowest BCUT2D eigenvalue weighted by atomic mass is 10.0. The number of aliphatic hydroxyl groups is 1. The van der Waals surface area contributed by atoms with E-state index < -0.39 is 0 Å². The molecule has 2 aromatic rings. The van der Waals surface area contributed by atoms with Crippen LogP contribution in [0.3, 0.4) is 0 Å². The largest absolute Gasteiger partial charge is 0.395 e. The van der Waals surface area contributed by atoms with Crippen molar-refractivity contribution >= 4 is 0 Å². The zero-order valence-corrected chi connectivity index (χ0v) is 13.8. The molecule has 124 valence electrons. The molecule has 3 heteroatoms. The first-order valence-electron chi connectivity index (χ1n) is 8.45. The average molecular weight is 321 g/mol. The summed E-state index contributed by atoms with van der Waals surface area (Å²) in [5, 5.41) is 12.3. The molecule has 3 rings (SSSR count). The summed E-state index contributed by atoms with van der Waals surface area (Å²) in [5.74, 6) is 5.99. The van der Waals surface area contributed by atoms with Gasteiger partial charge in [-0.2, -0.15) is 0 Å². The number of hydrogen-bond acceptors (Lipinski definition) is 3. The average Bonchev–Trinajstić information content (AvgIpc) is 3.15. The van der Waals surface area contributed by atoms with Crippen molar-refractivity contribution in [3.8, 4) is 23.0 Å². The van der Waals surface area contributed by atoms with Gasteiger partial charge >= 0.3 is 0 Å². The Bertz CT molecular complexity index is 689. The van der Waals surface area contributed by atoms with Crippen molar-refractivity contribution in [3.63, 3.8) is 0 Å². The molecule has 1 saturated heterocycles. The molecule has 0 aromatic heterocycles. The second-order valence-electron chi connectivity index (χ2n) is 5.99. The Morgan fingerprint density at radius 3 is 2.38 bits per heavy atom. The summed E-state index contributed by atoms with van der Waals surface area (Å²) in [6.45, 7) is 2.69. The number of benzene rings is 2. The van der Waals surface area contributed by atoms with E-state index in [1.807, 2.05) is 12.1 Å². The van der Waals surface area contributed by atoms with Crippen LogP contribution in [0, 0.1) is 11.8 Å². The minimum Gasteiger partial charge on any atom is -0.395 e. The summed E-state index contributed by atoms with van der Waals surface area (Å²) in [5.41, 5.74) is 4.66. The molecule has 1 fully saturated rings. The number of ether oxygens (including phenoxy) is 1. The molecule has 0 spiro atoms. The van der Waals surface area contributed by atoms with Crippen LogP contribution in [0.5, 0.6) is 0 Å². The highest BCUT2D eigenvalue weighted by molar-refractivity contribution is 5.64. The predicted octanol–water partition coefficient (Wildman–Crippen LogP) is 2.97. The van der Waals surface area contributed by atoms with E-state index in [4.69, 9.17) is 9.84 Å². The minimum atomic E-state index is 0.111. The molecule has 2 N–H and O–H groups in total. The Hall–Kier alpha value is -2.12. The Morgan fingerprint density at radius 2 is 1.75 bits per heavy atom. The zero-order valence-electron chi connectivity index (χ0n) is 13.8. The molecule has 0 amide bonds. The molecule has 1 unspecified atom stereocenters. The molecule has 0 saturated carbocycles. The highest BCUT2D eigenvalue weighted by atomic mass is 16.5. The fourth-order valence-electron chi connectivity index (χ4n) is 2.74. The van der Waals surface area contributed by atoms with Crippen LogP contribution in [0.2, 0.25) is 0 Å². The van der Waals surface area contributed by atoms with Crippen molar-refractivity contribution in [1.82, 2.24) is 5.32 Å². The first-order valence-corrected chi connectivity index (χ1v) is 8.45. The van der Waals surface area contributed by atoms with E-state index in [1.165, 1.54) is 16.7 Å². The molecule has 1 aliphatic rings. The van der Waals surface area contributed by atoms with E-state index in [0.29, 0.717) is 12.5 Å². The lowest BCUT2D eigenvalue weighted by molar-refractivity contribution is 0.190. The third-order valence-electron chi connectivity index (χ3n) is 4.17. The summed E-state index contributed by atoms with van der Waals surface area (Å²) in [7, 11) is 0. The minimum absolute atomic E-state index is 0.111. The summed E-state index contributed by atoms with van der Waals surface area (Å²) >= 11 is 0. The Balaban J connectivity index is 1.59. The van der Waals surface area contributed by atoms with Crippen molar-refractivity contribution in [2.75, 3.05) is 19.8 Å². The lowest BCUT2D eigenvalue weighted by Gasteiger charge is -2.11. The lowest BCUT2D eigenvalue weighted by Crippen LogP contribution is -2.28. The summed E-state index contributed by atoms with van der Waals surface area (Å²) in [6.07, 6.45) is 1.62. The number of aliphatic hydroxyl groups excluding tert-OH is 1. The van der Waals surface area contributed by atoms with Crippen LogP contribution in [-0.2, 0) is 11.3 Å². The van der Waals surface area contributed by atoms with Crippen molar-refractivity contribution in [1.29, 1.82) is 0 Å². The Labute approximate surface area is 143 Å². The van der Waals surface area contributed by atoms with Gasteiger partial charge in [0.1, 0.15) is 0 Å². The molecule has 1 heterocycles. The van der Waals surface area contributed by atoms with Gasteiger partial charge in [-0.15, -0.1) is 0 Å². The third kappa shape index (κ3) is 4.69. The third-order valence-corrected chi connectivity index (χ3v) is 4.17. The SMILES string of the molecule is OCCC#Cc1ccc(-c2ccc(CNC3CCOC3)cc2)cc1. The number of nitrogens with one attached hydrogen (secondary N) is 1. The van der Waals surface area contributed by atoms with E-state index in [2.05, 4.69) is 53.6 Å². The second-order valence-corrected chi connectivity index (χ2v) is 5.99. The van der Waals surface area contributed by atoms with E-state index in [9.17, 15) is 0 Å². The van der Waals surface area contributed by atoms with Crippen molar-refractivity contribution < 1.29 is 9.84 Å². The first kappa shape index (κ1) is 16.7. The summed E-state index contributed by atoms with van der Waals surface area (Å²) in [4.78, 5) is 0. The zero-order chi connectivity index (χ0) is 16.6. The molecular formula is C21H23NO2. The van der Waals surface area contributed by atoms with Gasteiger partial charge in [0.05, 0.1) is 13.2 Å². The maximum Gasteiger partial charge on any atom is 0.0620 e. The predicted molar refractivity (Wildman–Crippen MR) is 96.5 cm³/mol. The molecule has 1 atom stereocenters. The van der Waals surface area contributed by atoms with Gasteiger partial charge in [0.2, 0.25) is 0 Å². The van der Waals surface area contributed by atoms with E-state index >= 15 is 0 Å². The highest BCUT2D eigenvalue weighted by Gasteiger charge is 2.14. The fraction of sp³-hybridized carbons (Fsp3) is 0.333. The van der Waals surface area contributed by atoms with Gasteiger partial charge in [-0.1, -0.05) is 48.2 Å². The van der Waals surface area contributed by atoms with E-state index in [1.54, 1.807) is 0 Å². The summed E-state index contributed by atoms with van der Waals surface area (Å²) in [6, 6.07) is 17.4. The van der Waals surface area contributed by atoms with Crippen LogP contribution in [0.1, 0.15) is 24.0 Å². The van der Waals surface area contributed by atoms with E-state index in [0.717, 1.165) is 31.7 Å².